The van der Waals surface area contributed by atoms with Gasteiger partial charge in [0.05, 0.1) is 12.3 Å². The minimum Gasteiger partial charge on any atom is -0.479 e. The first-order valence-electron chi connectivity index (χ1n) is 9.02. The van der Waals surface area contributed by atoms with Crippen molar-refractivity contribution in [2.45, 2.75) is 32.8 Å². The Morgan fingerprint density at radius 1 is 1.36 bits per heavy atom. The van der Waals surface area contributed by atoms with Gasteiger partial charge in [0.1, 0.15) is 5.75 Å². The Kier molecular flexibility index (Phi) is 5.58. The van der Waals surface area contributed by atoms with Crippen LogP contribution >= 0.6 is 0 Å². The summed E-state index contributed by atoms with van der Waals surface area (Å²) in [7, 11) is 0. The van der Waals surface area contributed by atoms with Gasteiger partial charge in [-0.1, -0.05) is 12.1 Å². The Morgan fingerprint density at radius 3 is 2.88 bits per heavy atom. The number of carbonyl (C=O) groups excluding carboxylic acids is 2. The van der Waals surface area contributed by atoms with Gasteiger partial charge in [-0.2, -0.15) is 0 Å². The molecule has 2 aliphatic rings. The van der Waals surface area contributed by atoms with Crippen LogP contribution in [0.2, 0.25) is 0 Å². The smallest absolute Gasteiger partial charge is 0.267 e. The molecule has 1 aromatic rings. The van der Waals surface area contributed by atoms with Crippen LogP contribution in [0, 0.1) is 5.92 Å². The van der Waals surface area contributed by atoms with Gasteiger partial charge in [0, 0.05) is 38.6 Å². The fraction of sp³-hybridized carbons (Fsp3) is 0.579. The average molecular weight is 346 g/mol. The third-order valence-corrected chi connectivity index (χ3v) is 4.86. The predicted octanol–water partition coefficient (Wildman–Crippen LogP) is 2.08. The van der Waals surface area contributed by atoms with Crippen LogP contribution in [-0.4, -0.2) is 55.7 Å². The predicted molar refractivity (Wildman–Crippen MR) is 94.7 cm³/mol. The summed E-state index contributed by atoms with van der Waals surface area (Å²) in [6.45, 7) is 7.04. The highest BCUT2D eigenvalue weighted by molar-refractivity contribution is 6.00. The van der Waals surface area contributed by atoms with Crippen molar-refractivity contribution in [3.8, 4) is 5.75 Å². The van der Waals surface area contributed by atoms with E-state index in [2.05, 4.69) is 0 Å². The number of rotatable bonds is 6. The average Bonchev–Trinajstić information content (AvgIpc) is 3.13. The van der Waals surface area contributed by atoms with Crippen LogP contribution in [-0.2, 0) is 14.3 Å². The fourth-order valence-electron chi connectivity index (χ4n) is 3.40. The lowest BCUT2D eigenvalue weighted by Gasteiger charge is -2.33. The molecule has 136 valence electrons. The molecule has 1 aromatic carbocycles. The molecule has 0 radical (unpaired) electrons. The normalized spacial score (nSPS) is 22.5. The lowest BCUT2D eigenvalue weighted by atomic mass is 10.1. The molecule has 2 heterocycles. The summed E-state index contributed by atoms with van der Waals surface area (Å²) in [5.74, 6) is 1.10. The molecule has 25 heavy (non-hydrogen) atoms. The second-order valence-corrected chi connectivity index (χ2v) is 6.63. The number of benzene rings is 1. The highest BCUT2D eigenvalue weighted by atomic mass is 16.5. The van der Waals surface area contributed by atoms with Crippen LogP contribution in [0.3, 0.4) is 0 Å². The maximum atomic E-state index is 12.6. The Balaban J connectivity index is 1.63. The number of carbonyl (C=O) groups is 2. The molecule has 3 rings (SSSR count). The van der Waals surface area contributed by atoms with E-state index in [4.69, 9.17) is 9.47 Å². The SMILES string of the molecule is CCN(C[C@H]1CCOC1)C(=O)CCN1C(=O)[C@@H](C)Oc2ccccc21. The molecule has 0 aromatic heterocycles. The number of anilines is 1. The van der Waals surface area contributed by atoms with Gasteiger partial charge in [-0.3, -0.25) is 9.59 Å². The molecule has 0 N–H and O–H groups in total. The first-order valence-corrected chi connectivity index (χ1v) is 9.02. The molecule has 0 aliphatic carbocycles. The van der Waals surface area contributed by atoms with Crippen molar-refractivity contribution in [2.24, 2.45) is 5.92 Å². The van der Waals surface area contributed by atoms with E-state index >= 15 is 0 Å². The van der Waals surface area contributed by atoms with Gasteiger partial charge in [-0.15, -0.1) is 0 Å². The highest BCUT2D eigenvalue weighted by Crippen LogP contribution is 2.33. The third-order valence-electron chi connectivity index (χ3n) is 4.86. The first kappa shape index (κ1) is 17.7. The van der Waals surface area contributed by atoms with Gasteiger partial charge in [0.25, 0.3) is 5.91 Å². The van der Waals surface area contributed by atoms with Crippen molar-refractivity contribution in [1.29, 1.82) is 0 Å². The van der Waals surface area contributed by atoms with E-state index in [1.807, 2.05) is 36.1 Å². The summed E-state index contributed by atoms with van der Waals surface area (Å²) in [4.78, 5) is 28.6. The van der Waals surface area contributed by atoms with Crippen LogP contribution in [0.25, 0.3) is 0 Å². The summed E-state index contributed by atoms with van der Waals surface area (Å²) in [5.41, 5.74) is 0.741. The molecule has 1 fully saturated rings. The van der Waals surface area contributed by atoms with Gasteiger partial charge < -0.3 is 19.3 Å². The molecule has 2 amide bonds. The largest absolute Gasteiger partial charge is 0.479 e. The van der Waals surface area contributed by atoms with E-state index in [1.165, 1.54) is 0 Å². The van der Waals surface area contributed by atoms with E-state index in [1.54, 1.807) is 11.8 Å². The summed E-state index contributed by atoms with van der Waals surface area (Å²) >= 11 is 0. The minimum atomic E-state index is -0.525. The molecule has 1 saturated heterocycles. The fourth-order valence-corrected chi connectivity index (χ4v) is 3.40. The maximum Gasteiger partial charge on any atom is 0.267 e. The van der Waals surface area contributed by atoms with Crippen LogP contribution in [0.15, 0.2) is 24.3 Å². The quantitative estimate of drug-likeness (QED) is 0.791. The molecule has 0 bridgehead atoms. The van der Waals surface area contributed by atoms with Crippen molar-refractivity contribution in [1.82, 2.24) is 4.90 Å². The molecule has 6 nitrogen and oxygen atoms in total. The molecular formula is C19H26N2O4. The van der Waals surface area contributed by atoms with Crippen LogP contribution in [0.5, 0.6) is 5.75 Å². The van der Waals surface area contributed by atoms with Gasteiger partial charge in [0.2, 0.25) is 5.91 Å². The number of ether oxygens (including phenoxy) is 2. The zero-order valence-electron chi connectivity index (χ0n) is 14.9. The topological polar surface area (TPSA) is 59.1 Å². The third kappa shape index (κ3) is 3.95. The highest BCUT2D eigenvalue weighted by Gasteiger charge is 2.31. The molecular weight excluding hydrogens is 320 g/mol. The van der Waals surface area contributed by atoms with Gasteiger partial charge in [-0.25, -0.2) is 0 Å². The number of nitrogens with zero attached hydrogens (tertiary/aromatic N) is 2. The first-order chi connectivity index (χ1) is 12.1. The lowest BCUT2D eigenvalue weighted by Crippen LogP contribution is -2.46. The summed E-state index contributed by atoms with van der Waals surface area (Å²) < 4.78 is 11.0. The van der Waals surface area contributed by atoms with Crippen molar-refractivity contribution < 1.29 is 19.1 Å². The Morgan fingerprint density at radius 2 is 2.16 bits per heavy atom. The summed E-state index contributed by atoms with van der Waals surface area (Å²) in [6, 6.07) is 7.47. The molecule has 0 saturated carbocycles. The zero-order chi connectivity index (χ0) is 17.8. The van der Waals surface area contributed by atoms with Crippen LogP contribution < -0.4 is 9.64 Å². The van der Waals surface area contributed by atoms with Gasteiger partial charge in [-0.05, 0) is 32.4 Å². The number of para-hydroxylation sites is 2. The van der Waals surface area contributed by atoms with Crippen molar-refractivity contribution in [3.63, 3.8) is 0 Å². The monoisotopic (exact) mass is 346 g/mol. The second-order valence-electron chi connectivity index (χ2n) is 6.63. The Labute approximate surface area is 148 Å². The van der Waals surface area contributed by atoms with Gasteiger partial charge in [0.15, 0.2) is 6.10 Å². The van der Waals surface area contributed by atoms with Crippen molar-refractivity contribution >= 4 is 17.5 Å². The molecule has 2 aliphatic heterocycles. The van der Waals surface area contributed by atoms with Crippen LogP contribution in [0.1, 0.15) is 26.7 Å². The number of amides is 2. The molecule has 0 unspecified atom stereocenters. The van der Waals surface area contributed by atoms with E-state index in [0.29, 0.717) is 31.2 Å². The molecule has 0 spiro atoms. The minimum absolute atomic E-state index is 0.0822. The number of hydrogen-bond donors (Lipinski definition) is 0. The zero-order valence-corrected chi connectivity index (χ0v) is 14.9. The molecule has 6 heteroatoms. The Bertz CT molecular complexity index is 628. The maximum absolute atomic E-state index is 12.6. The Hall–Kier alpha value is -2.08. The number of fused-ring (bicyclic) bond motifs is 1. The van der Waals surface area contributed by atoms with E-state index in [0.717, 1.165) is 31.9 Å². The number of hydrogen-bond acceptors (Lipinski definition) is 4. The summed E-state index contributed by atoms with van der Waals surface area (Å²) in [6.07, 6.45) is 0.799. The van der Waals surface area contributed by atoms with E-state index < -0.39 is 6.10 Å². The van der Waals surface area contributed by atoms with Crippen molar-refractivity contribution in [3.05, 3.63) is 24.3 Å². The van der Waals surface area contributed by atoms with Crippen molar-refractivity contribution in [2.75, 3.05) is 37.7 Å². The summed E-state index contributed by atoms with van der Waals surface area (Å²) in [5, 5.41) is 0. The molecule has 2 atom stereocenters. The standard InChI is InChI=1S/C19H26N2O4/c1-3-20(12-15-9-11-24-13-15)18(22)8-10-21-16-6-4-5-7-17(16)25-14(2)19(21)23/h4-7,14-15H,3,8-13H2,1-2H3/t14-,15-/m1/s1. The lowest BCUT2D eigenvalue weighted by molar-refractivity contribution is -0.131. The second kappa shape index (κ2) is 7.87. The van der Waals surface area contributed by atoms with E-state index in [-0.39, 0.29) is 11.8 Å². The van der Waals surface area contributed by atoms with Crippen LogP contribution in [0.4, 0.5) is 5.69 Å². The van der Waals surface area contributed by atoms with E-state index in [9.17, 15) is 9.59 Å². The van der Waals surface area contributed by atoms with Gasteiger partial charge >= 0.3 is 0 Å².